The van der Waals surface area contributed by atoms with Gasteiger partial charge in [-0.25, -0.2) is 4.98 Å². The monoisotopic (exact) mass is 303 g/mol. The van der Waals surface area contributed by atoms with Gasteiger partial charge in [0.05, 0.1) is 0 Å². The summed E-state index contributed by atoms with van der Waals surface area (Å²) >= 11 is 0. The Morgan fingerprint density at radius 2 is 1.91 bits per heavy atom. The third-order valence-corrected chi connectivity index (χ3v) is 3.66. The third-order valence-electron chi connectivity index (χ3n) is 3.66. The van der Waals surface area contributed by atoms with Crippen molar-refractivity contribution < 1.29 is 0 Å². The molecule has 1 N–H and O–H groups in total. The van der Waals surface area contributed by atoms with E-state index in [0.717, 1.165) is 27.9 Å². The lowest BCUT2D eigenvalue weighted by molar-refractivity contribution is 0.770. The molecule has 0 aliphatic heterocycles. The molecule has 0 fully saturated rings. The largest absolute Gasteiger partial charge is 0.307 e. The molecule has 0 spiro atoms. The Bertz CT molecular complexity index is 1050. The minimum absolute atomic E-state index is 0.173. The molecule has 0 aliphatic rings. The van der Waals surface area contributed by atoms with Crippen LogP contribution in [0.5, 0.6) is 0 Å². The second-order valence-corrected chi connectivity index (χ2v) is 5.26. The lowest BCUT2D eigenvalue weighted by atomic mass is 10.0. The van der Waals surface area contributed by atoms with Gasteiger partial charge in [-0.3, -0.25) is 14.5 Å². The van der Waals surface area contributed by atoms with Gasteiger partial charge in [0, 0.05) is 42.7 Å². The predicted molar refractivity (Wildman–Crippen MR) is 87.8 cm³/mol. The van der Waals surface area contributed by atoms with Crippen molar-refractivity contribution in [3.63, 3.8) is 0 Å². The summed E-state index contributed by atoms with van der Waals surface area (Å²) in [5.74, 6) is 0. The highest BCUT2D eigenvalue weighted by Crippen LogP contribution is 2.31. The first kappa shape index (κ1) is 13.4. The summed E-state index contributed by atoms with van der Waals surface area (Å²) in [7, 11) is 1.86. The van der Waals surface area contributed by atoms with Gasteiger partial charge in [0.15, 0.2) is 0 Å². The van der Waals surface area contributed by atoms with Crippen LogP contribution in [0.3, 0.4) is 0 Å². The van der Waals surface area contributed by atoms with Crippen molar-refractivity contribution in [3.8, 4) is 22.5 Å². The zero-order chi connectivity index (χ0) is 15.8. The van der Waals surface area contributed by atoms with Crippen molar-refractivity contribution in [2.45, 2.75) is 0 Å². The van der Waals surface area contributed by atoms with E-state index < -0.39 is 0 Å². The van der Waals surface area contributed by atoms with Crippen LogP contribution >= 0.6 is 0 Å². The Hall–Kier alpha value is -3.28. The minimum atomic E-state index is -0.173. The number of aryl methyl sites for hydroxylation is 1. The molecule has 0 atom stereocenters. The average molecular weight is 303 g/mol. The van der Waals surface area contributed by atoms with Gasteiger partial charge in [-0.15, -0.1) is 0 Å². The van der Waals surface area contributed by atoms with Gasteiger partial charge in [-0.1, -0.05) is 0 Å². The Balaban J connectivity index is 2.06. The smallest absolute Gasteiger partial charge is 0.249 e. The minimum Gasteiger partial charge on any atom is -0.307 e. The van der Waals surface area contributed by atoms with Crippen LogP contribution in [-0.2, 0) is 7.05 Å². The molecule has 0 unspecified atom stereocenters. The fourth-order valence-corrected chi connectivity index (χ4v) is 2.57. The van der Waals surface area contributed by atoms with Crippen LogP contribution in [0, 0.1) is 0 Å². The fraction of sp³-hybridized carbons (Fsp3) is 0.0588. The van der Waals surface area contributed by atoms with Gasteiger partial charge in [0.1, 0.15) is 17.0 Å². The van der Waals surface area contributed by atoms with Crippen LogP contribution < -0.4 is 5.56 Å². The maximum atomic E-state index is 11.6. The van der Waals surface area contributed by atoms with E-state index in [2.05, 4.69) is 20.1 Å². The predicted octanol–water partition coefficient (Wildman–Crippen LogP) is 2.39. The number of fused-ring (bicyclic) bond motifs is 1. The topological polar surface area (TPSA) is 76.5 Å². The van der Waals surface area contributed by atoms with Crippen molar-refractivity contribution in [2.75, 3.05) is 0 Å². The number of aromatic nitrogens is 5. The molecule has 6 nitrogen and oxygen atoms in total. The van der Waals surface area contributed by atoms with E-state index in [1.54, 1.807) is 23.1 Å². The molecule has 0 saturated carbocycles. The molecule has 0 aliphatic carbocycles. The molecule has 0 saturated heterocycles. The van der Waals surface area contributed by atoms with Crippen molar-refractivity contribution in [3.05, 3.63) is 65.3 Å². The SMILES string of the molecule is Cn1ccc(-c2nc3[nH]c(=O)ccc3cc2-c2ccncc2)n1. The third kappa shape index (κ3) is 2.40. The molecule has 0 radical (unpaired) electrons. The van der Waals surface area contributed by atoms with Gasteiger partial charge in [-0.05, 0) is 35.9 Å². The van der Waals surface area contributed by atoms with E-state index in [9.17, 15) is 4.79 Å². The summed E-state index contributed by atoms with van der Waals surface area (Å²) in [6, 6.07) is 11.0. The maximum absolute atomic E-state index is 11.6. The molecular weight excluding hydrogens is 290 g/mol. The Morgan fingerprint density at radius 1 is 1.09 bits per heavy atom. The fourth-order valence-electron chi connectivity index (χ4n) is 2.57. The van der Waals surface area contributed by atoms with Crippen LogP contribution in [-0.4, -0.2) is 24.7 Å². The Kier molecular flexibility index (Phi) is 3.01. The zero-order valence-corrected chi connectivity index (χ0v) is 12.4. The van der Waals surface area contributed by atoms with E-state index in [1.807, 2.05) is 37.5 Å². The van der Waals surface area contributed by atoms with Crippen molar-refractivity contribution >= 4 is 11.0 Å². The van der Waals surface area contributed by atoms with Gasteiger partial charge >= 0.3 is 0 Å². The molecule has 0 aromatic carbocycles. The number of nitrogens with zero attached hydrogens (tertiary/aromatic N) is 4. The number of pyridine rings is 3. The highest BCUT2D eigenvalue weighted by molar-refractivity contribution is 5.89. The molecule has 0 amide bonds. The van der Waals surface area contributed by atoms with Gasteiger partial charge in [0.2, 0.25) is 5.56 Å². The molecule has 4 rings (SSSR count). The second kappa shape index (κ2) is 5.17. The number of hydrogen-bond donors (Lipinski definition) is 1. The van der Waals surface area contributed by atoms with Crippen molar-refractivity contribution in [1.29, 1.82) is 0 Å². The number of rotatable bonds is 2. The summed E-state index contributed by atoms with van der Waals surface area (Å²) in [6.07, 6.45) is 5.36. The van der Waals surface area contributed by atoms with Crippen LogP contribution in [0.25, 0.3) is 33.5 Å². The standard InChI is InChI=1S/C17H13N5O/c1-22-9-6-14(21-22)16-13(11-4-7-18-8-5-11)10-12-2-3-15(23)19-17(12)20-16/h2-10H,1H3,(H,19,20,23). The molecule has 4 aromatic heterocycles. The van der Waals surface area contributed by atoms with Crippen molar-refractivity contribution in [1.82, 2.24) is 24.7 Å². The van der Waals surface area contributed by atoms with Crippen LogP contribution in [0.1, 0.15) is 0 Å². The van der Waals surface area contributed by atoms with Gasteiger partial charge < -0.3 is 4.98 Å². The Labute approximate surface area is 131 Å². The highest BCUT2D eigenvalue weighted by atomic mass is 16.1. The second-order valence-electron chi connectivity index (χ2n) is 5.26. The summed E-state index contributed by atoms with van der Waals surface area (Å²) in [5, 5.41) is 5.31. The summed E-state index contributed by atoms with van der Waals surface area (Å²) in [6.45, 7) is 0. The molecule has 112 valence electrons. The lowest BCUT2D eigenvalue weighted by Gasteiger charge is -2.09. The molecule has 23 heavy (non-hydrogen) atoms. The number of hydrogen-bond acceptors (Lipinski definition) is 4. The summed E-state index contributed by atoms with van der Waals surface area (Å²) < 4.78 is 1.73. The normalized spacial score (nSPS) is 11.0. The van der Waals surface area contributed by atoms with Crippen molar-refractivity contribution in [2.24, 2.45) is 7.05 Å². The zero-order valence-electron chi connectivity index (χ0n) is 12.4. The first-order valence-corrected chi connectivity index (χ1v) is 7.15. The maximum Gasteiger partial charge on any atom is 0.249 e. The number of H-pyrrole nitrogens is 1. The first-order chi connectivity index (χ1) is 11.2. The van der Waals surface area contributed by atoms with E-state index in [-0.39, 0.29) is 5.56 Å². The average Bonchev–Trinajstić information content (AvgIpc) is 3.01. The van der Waals surface area contributed by atoms with E-state index in [1.165, 1.54) is 6.07 Å². The van der Waals surface area contributed by atoms with Gasteiger partial charge in [0.25, 0.3) is 0 Å². The molecule has 0 bridgehead atoms. The Morgan fingerprint density at radius 3 is 2.65 bits per heavy atom. The van der Waals surface area contributed by atoms with E-state index >= 15 is 0 Å². The number of aromatic amines is 1. The number of nitrogens with one attached hydrogen (secondary N) is 1. The molecule has 4 heterocycles. The summed E-state index contributed by atoms with van der Waals surface area (Å²) in [5.41, 5.74) is 3.81. The van der Waals surface area contributed by atoms with Gasteiger partial charge in [-0.2, -0.15) is 5.10 Å². The summed E-state index contributed by atoms with van der Waals surface area (Å²) in [4.78, 5) is 23.0. The van der Waals surface area contributed by atoms with E-state index in [4.69, 9.17) is 0 Å². The molecule has 4 aromatic rings. The highest BCUT2D eigenvalue weighted by Gasteiger charge is 2.13. The first-order valence-electron chi connectivity index (χ1n) is 7.15. The molecular formula is C17H13N5O. The van der Waals surface area contributed by atoms with E-state index in [0.29, 0.717) is 5.65 Å². The van der Waals surface area contributed by atoms with Crippen LogP contribution in [0.4, 0.5) is 0 Å². The quantitative estimate of drug-likeness (QED) is 0.617. The van der Waals surface area contributed by atoms with Crippen LogP contribution in [0.15, 0.2) is 59.8 Å². The van der Waals surface area contributed by atoms with Crippen LogP contribution in [0.2, 0.25) is 0 Å². The lowest BCUT2D eigenvalue weighted by Crippen LogP contribution is -2.04. The molecule has 6 heteroatoms.